The molecule has 1 saturated carbocycles. The van der Waals surface area contributed by atoms with Crippen LogP contribution in [0.25, 0.3) is 5.69 Å². The van der Waals surface area contributed by atoms with E-state index in [0.29, 0.717) is 18.5 Å². The van der Waals surface area contributed by atoms with E-state index in [-0.39, 0.29) is 5.91 Å². The Balaban J connectivity index is 1.33. The summed E-state index contributed by atoms with van der Waals surface area (Å²) < 4.78 is 1.90. The average molecular weight is 407 g/mol. The molecule has 1 amide bonds. The predicted molar refractivity (Wildman–Crippen MR) is 117 cm³/mol. The molecule has 2 aromatic heterocycles. The van der Waals surface area contributed by atoms with Crippen LogP contribution in [-0.2, 0) is 11.2 Å². The number of fused-ring (bicyclic) bond motifs is 1. The van der Waals surface area contributed by atoms with Crippen LogP contribution in [-0.4, -0.2) is 33.7 Å². The number of nitrogens with one attached hydrogen (secondary N) is 1. The lowest BCUT2D eigenvalue weighted by atomic mass is 9.96. The Morgan fingerprint density at radius 2 is 2.00 bits per heavy atom. The Hall–Kier alpha value is -2.44. The number of nitrogens with zero attached hydrogens (tertiary/aromatic N) is 3. The summed E-state index contributed by atoms with van der Waals surface area (Å²) in [7, 11) is 0. The summed E-state index contributed by atoms with van der Waals surface area (Å²) in [6.45, 7) is 5.36. The van der Waals surface area contributed by atoms with Gasteiger partial charge in [0.15, 0.2) is 0 Å². The molecule has 0 saturated heterocycles. The minimum atomic E-state index is 0.0492. The first-order valence-electron chi connectivity index (χ1n) is 10.3. The van der Waals surface area contributed by atoms with E-state index in [4.69, 9.17) is 0 Å². The monoisotopic (exact) mass is 406 g/mol. The molecule has 3 heterocycles. The van der Waals surface area contributed by atoms with Gasteiger partial charge in [0, 0.05) is 17.5 Å². The highest BCUT2D eigenvalue weighted by atomic mass is 32.1. The molecule has 5 rings (SSSR count). The molecule has 1 atom stereocenters. The highest BCUT2D eigenvalue weighted by Gasteiger charge is 2.40. The van der Waals surface area contributed by atoms with E-state index in [2.05, 4.69) is 26.8 Å². The fourth-order valence-electron chi connectivity index (χ4n) is 4.55. The molecule has 29 heavy (non-hydrogen) atoms. The van der Waals surface area contributed by atoms with Crippen LogP contribution in [0.15, 0.2) is 41.8 Å². The third-order valence-electron chi connectivity index (χ3n) is 6.09. The van der Waals surface area contributed by atoms with E-state index >= 15 is 0 Å². The van der Waals surface area contributed by atoms with Crippen molar-refractivity contribution >= 4 is 22.9 Å². The molecule has 150 valence electrons. The predicted octanol–water partition coefficient (Wildman–Crippen LogP) is 4.50. The first kappa shape index (κ1) is 18.6. The van der Waals surface area contributed by atoms with Crippen LogP contribution < -0.4 is 5.32 Å². The zero-order valence-electron chi connectivity index (χ0n) is 16.9. The second-order valence-electron chi connectivity index (χ2n) is 8.14. The van der Waals surface area contributed by atoms with Crippen molar-refractivity contribution in [3.8, 4) is 5.69 Å². The number of carbonyl (C=O) groups is 1. The number of hydrogen-bond acceptors (Lipinski definition) is 4. The van der Waals surface area contributed by atoms with Crippen molar-refractivity contribution in [2.45, 2.75) is 39.2 Å². The van der Waals surface area contributed by atoms with Gasteiger partial charge in [-0.15, -0.1) is 11.3 Å². The Labute approximate surface area is 175 Å². The summed E-state index contributed by atoms with van der Waals surface area (Å²) in [5, 5.41) is 10.0. The second-order valence-corrected chi connectivity index (χ2v) is 9.14. The minimum Gasteiger partial charge on any atom is -0.322 e. The van der Waals surface area contributed by atoms with E-state index in [9.17, 15) is 4.79 Å². The molecule has 2 aliphatic rings. The van der Waals surface area contributed by atoms with Crippen molar-refractivity contribution in [2.24, 2.45) is 5.92 Å². The van der Waals surface area contributed by atoms with Crippen LogP contribution in [0.3, 0.4) is 0 Å². The smallest absolute Gasteiger partial charge is 0.238 e. The summed E-state index contributed by atoms with van der Waals surface area (Å²) in [6.07, 6.45) is 3.60. The lowest BCUT2D eigenvalue weighted by Crippen LogP contribution is -2.41. The third-order valence-corrected chi connectivity index (χ3v) is 7.09. The first-order chi connectivity index (χ1) is 14.1. The van der Waals surface area contributed by atoms with Gasteiger partial charge in [-0.1, -0.05) is 18.2 Å². The van der Waals surface area contributed by atoms with Crippen molar-refractivity contribution < 1.29 is 4.79 Å². The second kappa shape index (κ2) is 7.43. The maximum absolute atomic E-state index is 13.0. The molecule has 1 fully saturated rings. The lowest BCUT2D eigenvalue weighted by Gasteiger charge is -2.35. The van der Waals surface area contributed by atoms with Crippen molar-refractivity contribution in [3.63, 3.8) is 0 Å². The van der Waals surface area contributed by atoms with Gasteiger partial charge in [-0.2, -0.15) is 5.10 Å². The normalized spacial score (nSPS) is 19.2. The number of carbonyl (C=O) groups excluding carboxylic acids is 1. The highest BCUT2D eigenvalue weighted by molar-refractivity contribution is 7.10. The number of aromatic nitrogens is 2. The van der Waals surface area contributed by atoms with Crippen LogP contribution in [0, 0.1) is 19.8 Å². The fraction of sp³-hybridized carbons (Fsp3) is 0.391. The highest BCUT2D eigenvalue weighted by Crippen LogP contribution is 2.48. The molecule has 6 heteroatoms. The molecule has 1 N–H and O–H groups in total. The van der Waals surface area contributed by atoms with Crippen LogP contribution >= 0.6 is 11.3 Å². The Bertz CT molecular complexity index is 1030. The molecule has 0 spiro atoms. The van der Waals surface area contributed by atoms with Gasteiger partial charge in [0.05, 0.1) is 29.3 Å². The van der Waals surface area contributed by atoms with Crippen LogP contribution in [0.4, 0.5) is 5.69 Å². The summed E-state index contributed by atoms with van der Waals surface area (Å²) in [6, 6.07) is 12.7. The Morgan fingerprint density at radius 1 is 1.21 bits per heavy atom. The minimum absolute atomic E-state index is 0.0492. The third kappa shape index (κ3) is 3.51. The lowest BCUT2D eigenvalue weighted by molar-refractivity contribution is -0.118. The maximum Gasteiger partial charge on any atom is 0.238 e. The number of benzene rings is 1. The molecular weight excluding hydrogens is 380 g/mol. The van der Waals surface area contributed by atoms with Crippen LogP contribution in [0.1, 0.15) is 40.7 Å². The molecule has 3 aromatic rings. The van der Waals surface area contributed by atoms with Gasteiger partial charge in [-0.25, -0.2) is 4.68 Å². The van der Waals surface area contributed by atoms with E-state index in [0.717, 1.165) is 35.7 Å². The summed E-state index contributed by atoms with van der Waals surface area (Å²) in [5.41, 5.74) is 5.09. The van der Waals surface area contributed by atoms with E-state index < -0.39 is 0 Å². The standard InChI is InChI=1S/C23H26N4OS/c1-15-22(16(2)27(25-15)18-6-4-3-5-7-18)24-21(28)14-26-12-10-20-19(11-13-29-20)23(26)17-8-9-17/h3-7,11,13,17,23H,8-10,12,14H2,1-2H3,(H,24,28)/t23-/m1/s1. The van der Waals surface area contributed by atoms with Crippen molar-refractivity contribution in [3.05, 3.63) is 63.6 Å². The van der Waals surface area contributed by atoms with Crippen molar-refractivity contribution in [2.75, 3.05) is 18.4 Å². The molecule has 0 unspecified atom stereocenters. The molecule has 0 radical (unpaired) electrons. The number of thiophene rings is 1. The zero-order chi connectivity index (χ0) is 20.0. The number of aryl methyl sites for hydroxylation is 1. The Kier molecular flexibility index (Phi) is 4.76. The summed E-state index contributed by atoms with van der Waals surface area (Å²) >= 11 is 1.86. The fourth-order valence-corrected chi connectivity index (χ4v) is 5.46. The van der Waals surface area contributed by atoms with Gasteiger partial charge in [0.25, 0.3) is 0 Å². The maximum atomic E-state index is 13.0. The first-order valence-corrected chi connectivity index (χ1v) is 11.2. The van der Waals surface area contributed by atoms with Crippen LogP contribution in [0.2, 0.25) is 0 Å². The van der Waals surface area contributed by atoms with Crippen molar-refractivity contribution in [1.82, 2.24) is 14.7 Å². The van der Waals surface area contributed by atoms with Crippen LogP contribution in [0.5, 0.6) is 0 Å². The summed E-state index contributed by atoms with van der Waals surface area (Å²) in [5.74, 6) is 0.758. The van der Waals surface area contributed by atoms with Gasteiger partial charge in [0.2, 0.25) is 5.91 Å². The number of anilines is 1. The van der Waals surface area contributed by atoms with E-state index in [1.54, 1.807) is 0 Å². The van der Waals surface area contributed by atoms with E-state index in [1.165, 1.54) is 23.3 Å². The largest absolute Gasteiger partial charge is 0.322 e. The average Bonchev–Trinajstić information content (AvgIpc) is 3.38. The Morgan fingerprint density at radius 3 is 2.76 bits per heavy atom. The molecular formula is C23H26N4OS. The van der Waals surface area contributed by atoms with Gasteiger partial charge in [0.1, 0.15) is 0 Å². The number of amides is 1. The molecule has 1 aliphatic carbocycles. The molecule has 1 aromatic carbocycles. The zero-order valence-corrected chi connectivity index (χ0v) is 17.7. The van der Waals surface area contributed by atoms with Gasteiger partial charge < -0.3 is 5.32 Å². The van der Waals surface area contributed by atoms with Gasteiger partial charge in [-0.05, 0) is 68.2 Å². The molecule has 1 aliphatic heterocycles. The molecule has 0 bridgehead atoms. The summed E-state index contributed by atoms with van der Waals surface area (Å²) in [4.78, 5) is 16.9. The quantitative estimate of drug-likeness (QED) is 0.679. The topological polar surface area (TPSA) is 50.2 Å². The van der Waals surface area contributed by atoms with Gasteiger partial charge in [-0.3, -0.25) is 9.69 Å². The van der Waals surface area contributed by atoms with Crippen molar-refractivity contribution in [1.29, 1.82) is 0 Å². The van der Waals surface area contributed by atoms with E-state index in [1.807, 2.05) is 60.2 Å². The molecule has 5 nitrogen and oxygen atoms in total. The van der Waals surface area contributed by atoms with Gasteiger partial charge >= 0.3 is 0 Å². The SMILES string of the molecule is Cc1nn(-c2ccccc2)c(C)c1NC(=O)CN1CCc2sccc2[C@H]1C1CC1. The number of para-hydroxylation sites is 1. The number of hydrogen-bond donors (Lipinski definition) is 1. The number of rotatable bonds is 5.